The topological polar surface area (TPSA) is 0 Å². The molecule has 0 nitrogen and oxygen atoms in total. The summed E-state index contributed by atoms with van der Waals surface area (Å²) < 4.78 is 0. The van der Waals surface area contributed by atoms with E-state index in [4.69, 9.17) is 11.2 Å². The summed E-state index contributed by atoms with van der Waals surface area (Å²) in [5.74, 6) is 0. The Kier molecular flexibility index (Phi) is 13.3. The lowest BCUT2D eigenvalue weighted by Gasteiger charge is -2.13. The van der Waals surface area contributed by atoms with Gasteiger partial charge in [-0.1, -0.05) is 69.3 Å². The van der Waals surface area contributed by atoms with Crippen LogP contribution in [0.2, 0.25) is 0 Å². The van der Waals surface area contributed by atoms with Gasteiger partial charge < -0.3 is 0 Å². The van der Waals surface area contributed by atoms with Crippen molar-refractivity contribution < 1.29 is 0 Å². The second-order valence-electron chi connectivity index (χ2n) is 4.89. The summed E-state index contributed by atoms with van der Waals surface area (Å²) in [6, 6.07) is 0. The molecule has 0 saturated heterocycles. The molecule has 0 amide bonds. The van der Waals surface area contributed by atoms with Crippen molar-refractivity contribution in [3.05, 3.63) is 11.6 Å². The second kappa shape index (κ2) is 12.9. The van der Waals surface area contributed by atoms with Crippen LogP contribution in [0.1, 0.15) is 78.6 Å². The van der Waals surface area contributed by atoms with Gasteiger partial charge in [-0.15, -0.1) is 0 Å². The Morgan fingerprint density at radius 3 is 1.94 bits per heavy atom. The van der Waals surface area contributed by atoms with Gasteiger partial charge in [-0.3, -0.25) is 0 Å². The third-order valence-corrected chi connectivity index (χ3v) is 4.73. The van der Waals surface area contributed by atoms with Crippen molar-refractivity contribution in [2.45, 2.75) is 84.2 Å². The minimum atomic E-state index is 0.558. The maximum absolute atomic E-state index is 6.10. The molecule has 0 aromatic heterocycles. The molecule has 2 unspecified atom stereocenters. The van der Waals surface area contributed by atoms with Gasteiger partial charge in [0.1, 0.15) is 0 Å². The Morgan fingerprint density at radius 2 is 1.53 bits per heavy atom. The highest BCUT2D eigenvalue weighted by Gasteiger charge is 2.06. The minimum Gasteiger partial charge on any atom is -0.0995 e. The molecule has 0 N–H and O–H groups in total. The van der Waals surface area contributed by atoms with Crippen LogP contribution in [0.15, 0.2) is 11.6 Å². The van der Waals surface area contributed by atoms with Crippen LogP contribution < -0.4 is 0 Å². The molecule has 0 rings (SSSR count). The maximum Gasteiger partial charge on any atom is 0.00842 e. The number of hydrogen-bond acceptors (Lipinski definition) is 0. The first-order valence-corrected chi connectivity index (χ1v) is 9.43. The Morgan fingerprint density at radius 1 is 1.00 bits per heavy atom. The van der Waals surface area contributed by atoms with Crippen LogP contribution in [-0.4, -0.2) is 5.66 Å². The molecule has 0 saturated carbocycles. The van der Waals surface area contributed by atoms with Crippen LogP contribution in [0, 0.1) is 0 Å². The molecule has 0 aliphatic carbocycles. The smallest absolute Gasteiger partial charge is 0.00842 e. The quantitative estimate of drug-likeness (QED) is 0.291. The van der Waals surface area contributed by atoms with E-state index < -0.39 is 0 Å². The van der Waals surface area contributed by atoms with Crippen molar-refractivity contribution in [1.82, 2.24) is 0 Å². The van der Waals surface area contributed by atoms with Crippen LogP contribution >= 0.6 is 19.2 Å². The highest BCUT2D eigenvalue weighted by atomic mass is 35.7. The molecule has 0 aliphatic heterocycles. The first-order valence-electron chi connectivity index (χ1n) is 7.34. The lowest BCUT2D eigenvalue weighted by atomic mass is 10.0. The average molecular weight is 277 g/mol. The molecule has 0 spiro atoms. The molecule has 0 radical (unpaired) electrons. The van der Waals surface area contributed by atoms with Crippen LogP contribution in [0.3, 0.4) is 0 Å². The largest absolute Gasteiger partial charge is 0.0995 e. The standard InChI is InChI=1S/C15H30ClP/c1-4-7-10-14(11-8-5-2)13-15(17-16)12-9-6-3/h13,15,17H,4-12H2,1-3H3. The van der Waals surface area contributed by atoms with Gasteiger partial charge in [0.15, 0.2) is 0 Å². The van der Waals surface area contributed by atoms with Crippen molar-refractivity contribution in [1.29, 1.82) is 0 Å². The number of unbranched alkanes of at least 4 members (excludes halogenated alkanes) is 3. The number of rotatable bonds is 11. The summed E-state index contributed by atoms with van der Waals surface area (Å²) in [7, 11) is 0.558. The van der Waals surface area contributed by atoms with Crippen molar-refractivity contribution in [2.24, 2.45) is 0 Å². The van der Waals surface area contributed by atoms with E-state index >= 15 is 0 Å². The van der Waals surface area contributed by atoms with Crippen molar-refractivity contribution in [2.75, 3.05) is 0 Å². The van der Waals surface area contributed by atoms with Gasteiger partial charge in [0.25, 0.3) is 0 Å². The summed E-state index contributed by atoms with van der Waals surface area (Å²) in [4.78, 5) is 0. The Hall–Kier alpha value is 0.460. The first-order chi connectivity index (χ1) is 8.28. The monoisotopic (exact) mass is 276 g/mol. The molecule has 102 valence electrons. The van der Waals surface area contributed by atoms with Crippen LogP contribution in [-0.2, 0) is 0 Å². The van der Waals surface area contributed by atoms with E-state index in [9.17, 15) is 0 Å². The highest BCUT2D eigenvalue weighted by Crippen LogP contribution is 2.31. The summed E-state index contributed by atoms with van der Waals surface area (Å²) in [5, 5.41) is 0. The minimum absolute atomic E-state index is 0.558. The van der Waals surface area contributed by atoms with E-state index in [1.165, 1.54) is 57.8 Å². The Balaban J connectivity index is 4.26. The maximum atomic E-state index is 6.10. The average Bonchev–Trinajstić information content (AvgIpc) is 2.36. The molecular weight excluding hydrogens is 247 g/mol. The Labute approximate surface area is 115 Å². The van der Waals surface area contributed by atoms with Gasteiger partial charge in [-0.25, -0.2) is 0 Å². The van der Waals surface area contributed by atoms with Gasteiger partial charge in [-0.05, 0) is 40.0 Å². The fourth-order valence-corrected chi connectivity index (χ4v) is 3.11. The molecule has 2 atom stereocenters. The zero-order valence-electron chi connectivity index (χ0n) is 11.9. The lowest BCUT2D eigenvalue weighted by molar-refractivity contribution is 0.695. The Bertz CT molecular complexity index is 179. The van der Waals surface area contributed by atoms with Crippen molar-refractivity contribution in [3.63, 3.8) is 0 Å². The van der Waals surface area contributed by atoms with Gasteiger partial charge in [-0.2, -0.15) is 0 Å². The molecule has 0 fully saturated rings. The summed E-state index contributed by atoms with van der Waals surface area (Å²) in [5.41, 5.74) is 2.31. The van der Waals surface area contributed by atoms with E-state index in [1.807, 2.05) is 0 Å². The van der Waals surface area contributed by atoms with E-state index in [-0.39, 0.29) is 0 Å². The third kappa shape index (κ3) is 10.1. The fourth-order valence-electron chi connectivity index (χ4n) is 1.98. The number of halogens is 1. The fraction of sp³-hybridized carbons (Fsp3) is 0.867. The third-order valence-electron chi connectivity index (χ3n) is 3.15. The van der Waals surface area contributed by atoms with Gasteiger partial charge in [0.2, 0.25) is 0 Å². The normalized spacial score (nSPS) is 13.2. The molecule has 0 aromatic carbocycles. The van der Waals surface area contributed by atoms with E-state index in [0.29, 0.717) is 13.6 Å². The molecule has 0 aromatic rings. The van der Waals surface area contributed by atoms with Gasteiger partial charge >= 0.3 is 0 Å². The second-order valence-corrected chi connectivity index (χ2v) is 6.50. The summed E-state index contributed by atoms with van der Waals surface area (Å²) >= 11 is 6.10. The zero-order valence-corrected chi connectivity index (χ0v) is 13.7. The van der Waals surface area contributed by atoms with Crippen LogP contribution in [0.5, 0.6) is 0 Å². The van der Waals surface area contributed by atoms with Gasteiger partial charge in [0, 0.05) is 5.66 Å². The van der Waals surface area contributed by atoms with Crippen LogP contribution in [0.25, 0.3) is 0 Å². The number of allylic oxidation sites excluding steroid dienone is 2. The van der Waals surface area contributed by atoms with Crippen molar-refractivity contribution >= 4 is 19.2 Å². The molecule has 17 heavy (non-hydrogen) atoms. The SMILES string of the molecule is CCCCC(=CC(CCCC)PCl)CCCC. The molecule has 0 aliphatic rings. The number of hydrogen-bond donors (Lipinski definition) is 0. The van der Waals surface area contributed by atoms with E-state index in [1.54, 1.807) is 5.57 Å². The van der Waals surface area contributed by atoms with E-state index in [0.717, 1.165) is 0 Å². The first kappa shape index (κ1) is 17.5. The summed E-state index contributed by atoms with van der Waals surface area (Å²) in [6.45, 7) is 6.80. The lowest BCUT2D eigenvalue weighted by Crippen LogP contribution is -1.97. The predicted molar refractivity (Wildman–Crippen MR) is 84.6 cm³/mol. The molecular formula is C15H30ClP. The highest BCUT2D eigenvalue weighted by molar-refractivity contribution is 7.69. The van der Waals surface area contributed by atoms with E-state index in [2.05, 4.69) is 26.8 Å². The zero-order chi connectivity index (χ0) is 12.9. The molecule has 0 heterocycles. The molecule has 2 heteroatoms. The van der Waals surface area contributed by atoms with Crippen LogP contribution in [0.4, 0.5) is 0 Å². The van der Waals surface area contributed by atoms with Crippen molar-refractivity contribution in [3.8, 4) is 0 Å². The predicted octanol–water partition coefficient (Wildman–Crippen LogP) is 6.68. The molecule has 0 bridgehead atoms. The van der Waals surface area contributed by atoms with Gasteiger partial charge in [0.05, 0.1) is 0 Å². The summed E-state index contributed by atoms with van der Waals surface area (Å²) in [6.07, 6.45) is 14.2.